The van der Waals surface area contributed by atoms with Crippen molar-refractivity contribution < 1.29 is 9.53 Å². The fraction of sp³-hybridized carbons (Fsp3) is 0.812. The van der Waals surface area contributed by atoms with E-state index in [4.69, 9.17) is 4.74 Å². The third-order valence-corrected chi connectivity index (χ3v) is 6.47. The zero-order chi connectivity index (χ0) is 13.2. The highest BCUT2D eigenvalue weighted by atomic mass is 16.5. The Morgan fingerprint density at radius 3 is 2.17 bits per heavy atom. The zero-order valence-corrected chi connectivity index (χ0v) is 11.8. The number of allylic oxidation sites excluding steroid dienone is 1. The molecule has 8 unspecified atom stereocenters. The number of hydrogen-bond acceptors (Lipinski definition) is 2. The molecule has 1 aliphatic heterocycles. The molecule has 0 amide bonds. The predicted molar refractivity (Wildman–Crippen MR) is 70.5 cm³/mol. The van der Waals surface area contributed by atoms with Gasteiger partial charge in [0.25, 0.3) is 0 Å². The minimum atomic E-state index is -0.0169. The Balaban J connectivity index is 1.90. The van der Waals surface area contributed by atoms with E-state index >= 15 is 0 Å². The summed E-state index contributed by atoms with van der Waals surface area (Å²) in [7, 11) is 0. The van der Waals surface area contributed by atoms with Gasteiger partial charge in [0.1, 0.15) is 5.76 Å². The van der Waals surface area contributed by atoms with Gasteiger partial charge in [0.2, 0.25) is 0 Å². The number of fused-ring (bicyclic) bond motifs is 2. The predicted octanol–water partition coefficient (Wildman–Crippen LogP) is 3.48. The van der Waals surface area contributed by atoms with Crippen molar-refractivity contribution in [3.8, 4) is 0 Å². The molecule has 2 aliphatic carbocycles. The lowest BCUT2D eigenvalue weighted by Crippen LogP contribution is -2.38. The second-order valence-corrected chi connectivity index (χ2v) is 6.92. The van der Waals surface area contributed by atoms with Crippen LogP contribution in [0.4, 0.5) is 0 Å². The Hall–Kier alpha value is -0.790. The van der Waals surface area contributed by atoms with E-state index in [2.05, 4.69) is 34.3 Å². The minimum Gasteiger partial charge on any atom is -0.431 e. The molecule has 2 saturated carbocycles. The van der Waals surface area contributed by atoms with Crippen molar-refractivity contribution >= 4 is 5.97 Å². The van der Waals surface area contributed by atoms with Gasteiger partial charge in [-0.25, -0.2) is 0 Å². The Labute approximate surface area is 110 Å². The number of carbonyl (C=O) groups excluding carboxylic acids is 1. The summed E-state index contributed by atoms with van der Waals surface area (Å²) in [5, 5.41) is 0. The summed E-state index contributed by atoms with van der Waals surface area (Å²) in [4.78, 5) is 12.1. The Morgan fingerprint density at radius 2 is 1.67 bits per heavy atom. The molecule has 0 radical (unpaired) electrons. The van der Waals surface area contributed by atoms with Crippen molar-refractivity contribution in [2.24, 2.45) is 47.3 Å². The van der Waals surface area contributed by atoms with E-state index < -0.39 is 0 Å². The molecule has 18 heavy (non-hydrogen) atoms. The van der Waals surface area contributed by atoms with E-state index in [0.717, 1.165) is 17.8 Å². The third-order valence-electron chi connectivity index (χ3n) is 6.47. The highest BCUT2D eigenvalue weighted by Gasteiger charge is 2.59. The lowest BCUT2D eigenvalue weighted by Gasteiger charge is -2.39. The van der Waals surface area contributed by atoms with E-state index in [1.54, 1.807) is 0 Å². The van der Waals surface area contributed by atoms with Crippen LogP contribution in [0.25, 0.3) is 0 Å². The smallest absolute Gasteiger partial charge is 0.315 e. The summed E-state index contributed by atoms with van der Waals surface area (Å²) in [5.74, 6) is 5.20. The summed E-state index contributed by atoms with van der Waals surface area (Å²) in [6, 6.07) is 0. The molecule has 100 valence electrons. The second kappa shape index (κ2) is 3.85. The van der Waals surface area contributed by atoms with Crippen molar-refractivity contribution in [2.45, 2.75) is 34.1 Å². The molecule has 8 atom stereocenters. The maximum absolute atomic E-state index is 12.1. The molecule has 3 fully saturated rings. The molecule has 2 nitrogen and oxygen atoms in total. The standard InChI is InChI=1S/C16H24O2/c1-7-8(2)13-6-12(7)10(4)14(13)15-9(3)11(5)18-16(15)17/h7-10,12-15H,5-6H2,1-4H3. The largest absolute Gasteiger partial charge is 0.431 e. The van der Waals surface area contributed by atoms with E-state index in [-0.39, 0.29) is 17.8 Å². The van der Waals surface area contributed by atoms with Crippen molar-refractivity contribution in [1.29, 1.82) is 0 Å². The first kappa shape index (κ1) is 12.3. The molecule has 0 N–H and O–H groups in total. The van der Waals surface area contributed by atoms with Crippen LogP contribution < -0.4 is 0 Å². The highest BCUT2D eigenvalue weighted by molar-refractivity contribution is 5.77. The maximum atomic E-state index is 12.1. The average molecular weight is 248 g/mol. The zero-order valence-electron chi connectivity index (χ0n) is 11.8. The van der Waals surface area contributed by atoms with E-state index in [1.807, 2.05) is 0 Å². The average Bonchev–Trinajstić information content (AvgIpc) is 2.86. The summed E-state index contributed by atoms with van der Waals surface area (Å²) >= 11 is 0. The van der Waals surface area contributed by atoms with Gasteiger partial charge in [0.05, 0.1) is 5.92 Å². The Kier molecular flexibility index (Phi) is 2.62. The molecular weight excluding hydrogens is 224 g/mol. The third kappa shape index (κ3) is 1.38. The molecule has 2 heteroatoms. The topological polar surface area (TPSA) is 26.3 Å². The number of ether oxygens (including phenoxy) is 1. The number of esters is 1. The quantitative estimate of drug-likeness (QED) is 0.664. The van der Waals surface area contributed by atoms with Crippen LogP contribution in [0.5, 0.6) is 0 Å². The van der Waals surface area contributed by atoms with Crippen LogP contribution in [0.3, 0.4) is 0 Å². The van der Waals surface area contributed by atoms with Gasteiger partial charge in [-0.2, -0.15) is 0 Å². The monoisotopic (exact) mass is 248 g/mol. The van der Waals surface area contributed by atoms with Crippen LogP contribution in [0, 0.1) is 47.3 Å². The normalized spacial score (nSPS) is 55.1. The SMILES string of the molecule is C=C1OC(=O)C(C2C(C)C3CC2C(C)C3C)C1C. The first-order chi connectivity index (χ1) is 8.43. The second-order valence-electron chi connectivity index (χ2n) is 6.92. The van der Waals surface area contributed by atoms with Gasteiger partial charge in [0, 0.05) is 5.92 Å². The first-order valence-corrected chi connectivity index (χ1v) is 7.34. The lowest BCUT2D eigenvalue weighted by molar-refractivity contribution is -0.142. The Morgan fingerprint density at radius 1 is 1.06 bits per heavy atom. The molecule has 0 aromatic rings. The van der Waals surface area contributed by atoms with Gasteiger partial charge in [0.15, 0.2) is 0 Å². The number of cyclic esters (lactones) is 1. The molecule has 0 spiro atoms. The number of carbonyl (C=O) groups is 1. The van der Waals surface area contributed by atoms with Gasteiger partial charge >= 0.3 is 5.97 Å². The number of hydrogen-bond donors (Lipinski definition) is 0. The molecule has 0 aromatic carbocycles. The molecular formula is C16H24O2. The van der Waals surface area contributed by atoms with Crippen molar-refractivity contribution in [1.82, 2.24) is 0 Å². The fourth-order valence-electron chi connectivity index (χ4n) is 5.18. The van der Waals surface area contributed by atoms with Crippen molar-refractivity contribution in [2.75, 3.05) is 0 Å². The molecule has 3 rings (SSSR count). The van der Waals surface area contributed by atoms with Gasteiger partial charge in [-0.3, -0.25) is 4.79 Å². The minimum absolute atomic E-state index is 0.0169. The highest BCUT2D eigenvalue weighted by Crippen LogP contribution is 2.61. The number of rotatable bonds is 1. The fourth-order valence-corrected chi connectivity index (χ4v) is 5.18. The van der Waals surface area contributed by atoms with Crippen LogP contribution >= 0.6 is 0 Å². The van der Waals surface area contributed by atoms with Crippen LogP contribution in [0.15, 0.2) is 12.3 Å². The summed E-state index contributed by atoms with van der Waals surface area (Å²) in [6.45, 7) is 13.1. The van der Waals surface area contributed by atoms with Crippen LogP contribution in [0.2, 0.25) is 0 Å². The summed E-state index contributed by atoms with van der Waals surface area (Å²) in [6.07, 6.45) is 1.32. The molecule has 2 bridgehead atoms. The van der Waals surface area contributed by atoms with Crippen LogP contribution in [-0.4, -0.2) is 5.97 Å². The molecule has 1 saturated heterocycles. The summed E-state index contributed by atoms with van der Waals surface area (Å²) < 4.78 is 5.28. The summed E-state index contributed by atoms with van der Waals surface area (Å²) in [5.41, 5.74) is 0. The van der Waals surface area contributed by atoms with E-state index in [9.17, 15) is 4.79 Å². The van der Waals surface area contributed by atoms with Gasteiger partial charge < -0.3 is 4.74 Å². The van der Waals surface area contributed by atoms with E-state index in [1.165, 1.54) is 6.42 Å². The lowest BCUT2D eigenvalue weighted by atomic mass is 9.64. The van der Waals surface area contributed by atoms with Gasteiger partial charge in [-0.15, -0.1) is 0 Å². The van der Waals surface area contributed by atoms with Gasteiger partial charge in [-0.05, 0) is 41.9 Å². The molecule has 0 aromatic heterocycles. The maximum Gasteiger partial charge on any atom is 0.315 e. The van der Waals surface area contributed by atoms with Crippen molar-refractivity contribution in [3.63, 3.8) is 0 Å². The van der Waals surface area contributed by atoms with E-state index in [0.29, 0.717) is 23.5 Å². The Bertz CT molecular complexity index is 400. The van der Waals surface area contributed by atoms with Crippen LogP contribution in [-0.2, 0) is 9.53 Å². The van der Waals surface area contributed by atoms with Crippen molar-refractivity contribution in [3.05, 3.63) is 12.3 Å². The van der Waals surface area contributed by atoms with Crippen LogP contribution in [0.1, 0.15) is 34.1 Å². The molecule has 3 aliphatic rings. The first-order valence-electron chi connectivity index (χ1n) is 7.34. The molecule has 1 heterocycles. The van der Waals surface area contributed by atoms with Gasteiger partial charge in [-0.1, -0.05) is 34.3 Å².